The van der Waals surface area contributed by atoms with Crippen LogP contribution in [-0.2, 0) is 24.0 Å². The standard InChI is InChI=1S/C25H21NO3/c27-24(26-21-11-9-16-7-4-8-18(16)14-21)19-10-12-22-20(13-19)15-23(29-25(22)28)17-5-2-1-3-6-17/h1-3,5-6,9-14,23H,4,7-8,15H2,(H,26,27)/t23-/m1/s1. The van der Waals surface area contributed by atoms with Gasteiger partial charge in [-0.25, -0.2) is 4.79 Å². The van der Waals surface area contributed by atoms with Crippen molar-refractivity contribution < 1.29 is 14.3 Å². The first-order chi connectivity index (χ1) is 14.2. The fraction of sp³-hybridized carbons (Fsp3) is 0.200. The molecular weight excluding hydrogens is 362 g/mol. The molecule has 29 heavy (non-hydrogen) atoms. The van der Waals surface area contributed by atoms with E-state index in [1.807, 2.05) is 42.5 Å². The maximum Gasteiger partial charge on any atom is 0.339 e. The summed E-state index contributed by atoms with van der Waals surface area (Å²) in [6.45, 7) is 0. The van der Waals surface area contributed by atoms with Crippen LogP contribution in [0.5, 0.6) is 0 Å². The molecule has 1 amide bonds. The van der Waals surface area contributed by atoms with Gasteiger partial charge in [0.1, 0.15) is 6.10 Å². The molecule has 0 saturated carbocycles. The van der Waals surface area contributed by atoms with Gasteiger partial charge in [-0.1, -0.05) is 36.4 Å². The molecule has 1 aliphatic heterocycles. The Labute approximate surface area is 169 Å². The molecule has 4 nitrogen and oxygen atoms in total. The largest absolute Gasteiger partial charge is 0.454 e. The van der Waals surface area contributed by atoms with Gasteiger partial charge in [-0.15, -0.1) is 0 Å². The second kappa shape index (κ2) is 7.21. The monoisotopic (exact) mass is 383 g/mol. The maximum absolute atomic E-state index is 12.8. The highest BCUT2D eigenvalue weighted by Crippen LogP contribution is 2.31. The Balaban J connectivity index is 1.38. The lowest BCUT2D eigenvalue weighted by molar-refractivity contribution is 0.0252. The quantitative estimate of drug-likeness (QED) is 0.656. The molecule has 1 aliphatic carbocycles. The number of cyclic esters (lactones) is 1. The summed E-state index contributed by atoms with van der Waals surface area (Å²) in [7, 11) is 0. The number of carbonyl (C=O) groups is 2. The second-order valence-electron chi connectivity index (χ2n) is 7.67. The summed E-state index contributed by atoms with van der Waals surface area (Å²) in [4.78, 5) is 25.2. The second-order valence-corrected chi connectivity index (χ2v) is 7.67. The first-order valence-corrected chi connectivity index (χ1v) is 9.99. The summed E-state index contributed by atoms with van der Waals surface area (Å²) in [5.74, 6) is -0.508. The first kappa shape index (κ1) is 17.7. The zero-order valence-corrected chi connectivity index (χ0v) is 16.0. The number of rotatable bonds is 3. The Morgan fingerprint density at radius 1 is 0.897 bits per heavy atom. The van der Waals surface area contributed by atoms with Crippen LogP contribution in [0.4, 0.5) is 5.69 Å². The van der Waals surface area contributed by atoms with E-state index in [9.17, 15) is 9.59 Å². The van der Waals surface area contributed by atoms with Crippen molar-refractivity contribution in [2.24, 2.45) is 0 Å². The van der Waals surface area contributed by atoms with Crippen LogP contribution in [0.2, 0.25) is 0 Å². The smallest absolute Gasteiger partial charge is 0.339 e. The van der Waals surface area contributed by atoms with Crippen LogP contribution in [0.3, 0.4) is 0 Å². The Morgan fingerprint density at radius 2 is 1.72 bits per heavy atom. The van der Waals surface area contributed by atoms with Gasteiger partial charge in [0.15, 0.2) is 0 Å². The zero-order chi connectivity index (χ0) is 19.8. The number of esters is 1. The van der Waals surface area contributed by atoms with Gasteiger partial charge in [0.05, 0.1) is 5.56 Å². The fourth-order valence-electron chi connectivity index (χ4n) is 4.24. The van der Waals surface area contributed by atoms with Crippen LogP contribution < -0.4 is 5.32 Å². The predicted octanol–water partition coefficient (Wildman–Crippen LogP) is 4.88. The maximum atomic E-state index is 12.8. The van der Waals surface area contributed by atoms with E-state index in [2.05, 4.69) is 17.4 Å². The van der Waals surface area contributed by atoms with Gasteiger partial charge >= 0.3 is 5.97 Å². The third kappa shape index (κ3) is 3.42. The number of hydrogen-bond donors (Lipinski definition) is 1. The van der Waals surface area contributed by atoms with Gasteiger partial charge in [-0.3, -0.25) is 4.79 Å². The molecule has 0 spiro atoms. The van der Waals surface area contributed by atoms with Crippen LogP contribution in [-0.4, -0.2) is 11.9 Å². The Morgan fingerprint density at radius 3 is 2.59 bits per heavy atom. The van der Waals surface area contributed by atoms with Crippen molar-refractivity contribution in [1.82, 2.24) is 0 Å². The molecule has 3 aromatic carbocycles. The summed E-state index contributed by atoms with van der Waals surface area (Å²) in [6.07, 6.45) is 3.60. The summed E-state index contributed by atoms with van der Waals surface area (Å²) in [5, 5.41) is 2.99. The molecule has 5 rings (SSSR count). The minimum Gasteiger partial charge on any atom is -0.454 e. The average molecular weight is 383 g/mol. The molecule has 0 fully saturated rings. The van der Waals surface area contributed by atoms with E-state index in [4.69, 9.17) is 4.74 Å². The average Bonchev–Trinajstić information content (AvgIpc) is 3.22. The van der Waals surface area contributed by atoms with E-state index in [0.29, 0.717) is 17.5 Å². The highest BCUT2D eigenvalue weighted by molar-refractivity contribution is 6.05. The number of hydrogen-bond acceptors (Lipinski definition) is 3. The van der Waals surface area contributed by atoms with Crippen LogP contribution in [0.1, 0.15) is 55.5 Å². The number of benzene rings is 3. The summed E-state index contributed by atoms with van der Waals surface area (Å²) < 4.78 is 5.60. The number of nitrogens with one attached hydrogen (secondary N) is 1. The first-order valence-electron chi connectivity index (χ1n) is 9.99. The molecule has 1 atom stereocenters. The third-order valence-electron chi connectivity index (χ3n) is 5.77. The van der Waals surface area contributed by atoms with Crippen molar-refractivity contribution >= 4 is 17.6 Å². The molecule has 4 heteroatoms. The number of aryl methyl sites for hydroxylation is 2. The third-order valence-corrected chi connectivity index (χ3v) is 5.77. The van der Waals surface area contributed by atoms with Gasteiger partial charge in [0.2, 0.25) is 0 Å². The summed E-state index contributed by atoms with van der Waals surface area (Å²) in [6, 6.07) is 21.0. The molecule has 1 heterocycles. The molecule has 3 aromatic rings. The molecular formula is C25H21NO3. The SMILES string of the molecule is O=C(Nc1ccc2c(c1)CCC2)c1ccc2c(c1)C[C@H](c1ccccc1)OC2=O. The molecule has 2 aliphatic rings. The van der Waals surface area contributed by atoms with Crippen molar-refractivity contribution in [2.75, 3.05) is 5.32 Å². The van der Waals surface area contributed by atoms with Crippen molar-refractivity contribution in [2.45, 2.75) is 31.8 Å². The van der Waals surface area contributed by atoms with Crippen molar-refractivity contribution in [3.05, 3.63) is 100 Å². The van der Waals surface area contributed by atoms with E-state index < -0.39 is 0 Å². The highest BCUT2D eigenvalue weighted by atomic mass is 16.5. The predicted molar refractivity (Wildman–Crippen MR) is 111 cm³/mol. The van der Waals surface area contributed by atoms with E-state index in [1.165, 1.54) is 17.5 Å². The molecule has 1 N–H and O–H groups in total. The minimum absolute atomic E-state index is 0.166. The molecule has 0 unspecified atom stereocenters. The number of anilines is 1. The van der Waals surface area contributed by atoms with E-state index in [1.54, 1.807) is 12.1 Å². The topological polar surface area (TPSA) is 55.4 Å². The Hall–Kier alpha value is -3.40. The van der Waals surface area contributed by atoms with Gasteiger partial charge in [0, 0.05) is 17.7 Å². The highest BCUT2D eigenvalue weighted by Gasteiger charge is 2.28. The Kier molecular flexibility index (Phi) is 4.39. The van der Waals surface area contributed by atoms with E-state index in [-0.39, 0.29) is 18.0 Å². The fourth-order valence-corrected chi connectivity index (χ4v) is 4.24. The normalized spacial score (nSPS) is 17.2. The van der Waals surface area contributed by atoms with Gasteiger partial charge in [0.25, 0.3) is 5.91 Å². The summed E-state index contributed by atoms with van der Waals surface area (Å²) >= 11 is 0. The molecule has 144 valence electrons. The van der Waals surface area contributed by atoms with Gasteiger partial charge in [-0.2, -0.15) is 0 Å². The number of carbonyl (C=O) groups excluding carboxylic acids is 2. The number of ether oxygens (including phenoxy) is 1. The summed E-state index contributed by atoms with van der Waals surface area (Å²) in [5.41, 5.74) is 6.40. The molecule has 0 saturated heterocycles. The molecule has 0 radical (unpaired) electrons. The van der Waals surface area contributed by atoms with Crippen LogP contribution in [0, 0.1) is 0 Å². The van der Waals surface area contributed by atoms with Crippen LogP contribution in [0.25, 0.3) is 0 Å². The lowest BCUT2D eigenvalue weighted by Crippen LogP contribution is -2.23. The Bertz CT molecular complexity index is 1100. The van der Waals surface area contributed by atoms with Gasteiger partial charge < -0.3 is 10.1 Å². The van der Waals surface area contributed by atoms with Crippen molar-refractivity contribution in [1.29, 1.82) is 0 Å². The van der Waals surface area contributed by atoms with Gasteiger partial charge in [-0.05, 0) is 71.8 Å². The minimum atomic E-state index is -0.342. The zero-order valence-electron chi connectivity index (χ0n) is 16.0. The van der Waals surface area contributed by atoms with E-state index >= 15 is 0 Å². The van der Waals surface area contributed by atoms with E-state index in [0.717, 1.165) is 29.7 Å². The molecule has 0 bridgehead atoms. The van der Waals surface area contributed by atoms with Crippen molar-refractivity contribution in [3.8, 4) is 0 Å². The lowest BCUT2D eigenvalue weighted by Gasteiger charge is -2.25. The molecule has 0 aromatic heterocycles. The van der Waals surface area contributed by atoms with Crippen molar-refractivity contribution in [3.63, 3.8) is 0 Å². The number of amides is 1. The number of fused-ring (bicyclic) bond motifs is 2. The van der Waals surface area contributed by atoms with Crippen LogP contribution >= 0.6 is 0 Å². The lowest BCUT2D eigenvalue weighted by atomic mass is 9.93. The van der Waals surface area contributed by atoms with Crippen LogP contribution in [0.15, 0.2) is 66.7 Å².